The molecular weight excluding hydrogens is 556 g/mol. The lowest BCUT2D eigenvalue weighted by Gasteiger charge is -2.11. The second-order valence-corrected chi connectivity index (χ2v) is 7.93. The van der Waals surface area contributed by atoms with Crippen molar-refractivity contribution in [1.29, 1.82) is 0 Å². The second kappa shape index (κ2) is 12.4. The SMILES string of the molecule is C#CCOc1c(I)cc(C=NNC(=O)CCNC(=O)c2ccc(Cl)c(Cl)c2)cc1OC. The number of hydrogen-bond donors (Lipinski definition) is 2. The molecule has 2 aromatic rings. The molecule has 0 fully saturated rings. The molecule has 0 heterocycles. The number of nitrogens with zero attached hydrogens (tertiary/aromatic N) is 1. The number of carbonyl (C=O) groups is 2. The maximum atomic E-state index is 12.1. The van der Waals surface area contributed by atoms with Crippen molar-refractivity contribution < 1.29 is 19.1 Å². The van der Waals surface area contributed by atoms with E-state index < -0.39 is 0 Å². The van der Waals surface area contributed by atoms with E-state index in [0.29, 0.717) is 27.6 Å². The molecule has 31 heavy (non-hydrogen) atoms. The average Bonchev–Trinajstić information content (AvgIpc) is 2.74. The molecule has 0 atom stereocenters. The van der Waals surface area contributed by atoms with E-state index in [4.69, 9.17) is 39.1 Å². The number of rotatable bonds is 9. The van der Waals surface area contributed by atoms with Crippen LogP contribution in [0.15, 0.2) is 35.4 Å². The third kappa shape index (κ3) is 7.61. The van der Waals surface area contributed by atoms with Crippen LogP contribution in [-0.4, -0.2) is 38.3 Å². The first kappa shape index (κ1) is 24.8. The molecule has 0 aliphatic heterocycles. The Bertz CT molecular complexity index is 1040. The van der Waals surface area contributed by atoms with Gasteiger partial charge in [-0.3, -0.25) is 9.59 Å². The quantitative estimate of drug-likeness (QED) is 0.206. The van der Waals surface area contributed by atoms with Gasteiger partial charge >= 0.3 is 0 Å². The summed E-state index contributed by atoms with van der Waals surface area (Å²) in [5.74, 6) is 2.73. The minimum atomic E-state index is -0.360. The number of benzene rings is 2. The van der Waals surface area contributed by atoms with Gasteiger partial charge in [0, 0.05) is 18.5 Å². The molecule has 2 amide bonds. The molecule has 0 aromatic heterocycles. The van der Waals surface area contributed by atoms with Crippen molar-refractivity contribution in [2.24, 2.45) is 5.10 Å². The molecule has 7 nitrogen and oxygen atoms in total. The third-order valence-corrected chi connectivity index (χ3v) is 5.31. The highest BCUT2D eigenvalue weighted by Gasteiger charge is 2.11. The summed E-state index contributed by atoms with van der Waals surface area (Å²) >= 11 is 13.8. The first-order chi connectivity index (χ1) is 14.8. The molecule has 0 spiro atoms. The molecule has 0 saturated heterocycles. The van der Waals surface area contributed by atoms with E-state index in [2.05, 4.69) is 44.4 Å². The summed E-state index contributed by atoms with van der Waals surface area (Å²) < 4.78 is 11.6. The van der Waals surface area contributed by atoms with Gasteiger partial charge in [0.15, 0.2) is 11.5 Å². The van der Waals surface area contributed by atoms with Crippen molar-refractivity contribution in [2.45, 2.75) is 6.42 Å². The summed E-state index contributed by atoms with van der Waals surface area (Å²) in [6.45, 7) is 0.255. The van der Waals surface area contributed by atoms with Crippen LogP contribution in [0.25, 0.3) is 0 Å². The average molecular weight is 574 g/mol. The summed E-state index contributed by atoms with van der Waals surface area (Å²) in [5.41, 5.74) is 3.46. The Kier molecular flexibility index (Phi) is 9.91. The molecular formula is C21H18Cl2IN3O4. The van der Waals surface area contributed by atoms with E-state index in [1.165, 1.54) is 25.5 Å². The zero-order valence-corrected chi connectivity index (χ0v) is 20.0. The number of hydrazone groups is 1. The minimum Gasteiger partial charge on any atom is -0.493 e. The Balaban J connectivity index is 1.85. The predicted octanol–water partition coefficient (Wildman–Crippen LogP) is 3.89. The fraction of sp³-hybridized carbons (Fsp3) is 0.190. The zero-order valence-electron chi connectivity index (χ0n) is 16.4. The molecule has 0 aliphatic carbocycles. The summed E-state index contributed by atoms with van der Waals surface area (Å²) in [6.07, 6.45) is 6.74. The zero-order chi connectivity index (χ0) is 22.8. The van der Waals surface area contributed by atoms with E-state index in [0.717, 1.165) is 3.57 Å². The van der Waals surface area contributed by atoms with Gasteiger partial charge in [-0.05, 0) is 58.5 Å². The van der Waals surface area contributed by atoms with Crippen LogP contribution in [0.2, 0.25) is 10.0 Å². The fourth-order valence-corrected chi connectivity index (χ4v) is 3.41. The highest BCUT2D eigenvalue weighted by Crippen LogP contribution is 2.33. The molecule has 0 bridgehead atoms. The number of methoxy groups -OCH3 is 1. The van der Waals surface area contributed by atoms with Crippen molar-refractivity contribution in [3.63, 3.8) is 0 Å². The van der Waals surface area contributed by atoms with Crippen molar-refractivity contribution >= 4 is 63.8 Å². The normalized spacial score (nSPS) is 10.4. The van der Waals surface area contributed by atoms with Crippen LogP contribution in [-0.2, 0) is 4.79 Å². The maximum Gasteiger partial charge on any atom is 0.251 e. The Hall–Kier alpha value is -2.48. The van der Waals surface area contributed by atoms with E-state index >= 15 is 0 Å². The molecule has 0 saturated carbocycles. The Morgan fingerprint density at radius 3 is 2.71 bits per heavy atom. The van der Waals surface area contributed by atoms with E-state index in [-0.39, 0.29) is 36.4 Å². The van der Waals surface area contributed by atoms with Crippen molar-refractivity contribution in [3.05, 3.63) is 55.1 Å². The molecule has 0 unspecified atom stereocenters. The third-order valence-electron chi connectivity index (χ3n) is 3.77. The molecule has 2 aromatic carbocycles. The van der Waals surface area contributed by atoms with Crippen LogP contribution in [0.1, 0.15) is 22.3 Å². The van der Waals surface area contributed by atoms with Gasteiger partial charge in [-0.1, -0.05) is 29.1 Å². The molecule has 2 rings (SSSR count). The number of terminal acetylenes is 1. The van der Waals surface area contributed by atoms with Gasteiger partial charge in [0.25, 0.3) is 5.91 Å². The molecule has 0 radical (unpaired) electrons. The standard InChI is InChI=1S/C21H18Cl2IN3O4/c1-3-8-31-20-17(24)9-13(10-18(20)30-2)12-26-27-19(28)6-7-25-21(29)14-4-5-15(22)16(23)11-14/h1,4-5,9-12H,6-8H2,2H3,(H,25,29)(H,27,28). The summed E-state index contributed by atoms with van der Waals surface area (Å²) in [4.78, 5) is 24.0. The Morgan fingerprint density at radius 2 is 2.03 bits per heavy atom. The lowest BCUT2D eigenvalue weighted by molar-refractivity contribution is -0.120. The summed E-state index contributed by atoms with van der Waals surface area (Å²) in [6, 6.07) is 8.06. The highest BCUT2D eigenvalue weighted by molar-refractivity contribution is 14.1. The summed E-state index contributed by atoms with van der Waals surface area (Å²) in [5, 5.41) is 7.20. The second-order valence-electron chi connectivity index (χ2n) is 5.95. The van der Waals surface area contributed by atoms with Crippen LogP contribution < -0.4 is 20.2 Å². The number of amides is 2. The van der Waals surface area contributed by atoms with Crippen molar-refractivity contribution in [1.82, 2.24) is 10.7 Å². The molecule has 10 heteroatoms. The van der Waals surface area contributed by atoms with Crippen molar-refractivity contribution in [2.75, 3.05) is 20.3 Å². The minimum absolute atomic E-state index is 0.0458. The lowest BCUT2D eigenvalue weighted by atomic mass is 10.2. The maximum absolute atomic E-state index is 12.1. The van der Waals surface area contributed by atoms with Gasteiger partial charge in [-0.2, -0.15) is 5.10 Å². The van der Waals surface area contributed by atoms with Gasteiger partial charge in [0.1, 0.15) is 6.61 Å². The van der Waals surface area contributed by atoms with Gasteiger partial charge < -0.3 is 14.8 Å². The monoisotopic (exact) mass is 573 g/mol. The van der Waals surface area contributed by atoms with E-state index in [1.54, 1.807) is 12.1 Å². The topological polar surface area (TPSA) is 89.0 Å². The van der Waals surface area contributed by atoms with Gasteiger partial charge in [0.2, 0.25) is 5.91 Å². The number of hydrogen-bond acceptors (Lipinski definition) is 5. The van der Waals surface area contributed by atoms with Crippen LogP contribution in [0.5, 0.6) is 11.5 Å². The number of nitrogens with one attached hydrogen (secondary N) is 2. The lowest BCUT2D eigenvalue weighted by Crippen LogP contribution is -2.29. The van der Waals surface area contributed by atoms with E-state index in [9.17, 15) is 9.59 Å². The highest BCUT2D eigenvalue weighted by atomic mass is 127. The fourth-order valence-electron chi connectivity index (χ4n) is 2.33. The largest absolute Gasteiger partial charge is 0.493 e. The van der Waals surface area contributed by atoms with E-state index in [1.807, 2.05) is 6.07 Å². The smallest absolute Gasteiger partial charge is 0.251 e. The summed E-state index contributed by atoms with van der Waals surface area (Å²) in [7, 11) is 1.52. The molecule has 0 aliphatic rings. The van der Waals surface area contributed by atoms with Gasteiger partial charge in [-0.15, -0.1) is 6.42 Å². The number of carbonyl (C=O) groups excluding carboxylic acids is 2. The van der Waals surface area contributed by atoms with Crippen LogP contribution in [0.3, 0.4) is 0 Å². The van der Waals surface area contributed by atoms with Crippen LogP contribution in [0, 0.1) is 15.9 Å². The Morgan fingerprint density at radius 1 is 1.26 bits per heavy atom. The molecule has 2 N–H and O–H groups in total. The Labute approximate surface area is 203 Å². The predicted molar refractivity (Wildman–Crippen MR) is 129 cm³/mol. The van der Waals surface area contributed by atoms with Gasteiger partial charge in [0.05, 0.1) is 26.9 Å². The first-order valence-corrected chi connectivity index (χ1v) is 10.7. The van der Waals surface area contributed by atoms with Crippen LogP contribution in [0.4, 0.5) is 0 Å². The number of halogens is 3. The number of ether oxygens (including phenoxy) is 2. The van der Waals surface area contributed by atoms with Gasteiger partial charge in [-0.25, -0.2) is 5.43 Å². The first-order valence-electron chi connectivity index (χ1n) is 8.84. The molecule has 162 valence electrons. The van der Waals surface area contributed by atoms with Crippen molar-refractivity contribution in [3.8, 4) is 23.8 Å². The van der Waals surface area contributed by atoms with Crippen LogP contribution >= 0.6 is 45.8 Å².